The van der Waals surface area contributed by atoms with Crippen LogP contribution >= 0.6 is 0 Å². The number of carbonyl (C=O) groups excluding carboxylic acids is 3. The third-order valence-electron chi connectivity index (χ3n) is 7.71. The third kappa shape index (κ3) is 36.0. The number of ether oxygens (including phenoxy) is 3. The summed E-state index contributed by atoms with van der Waals surface area (Å²) in [5.74, 6) is -0.987. The minimum atomic E-state index is -0.796. The van der Waals surface area contributed by atoms with Crippen molar-refractivity contribution < 1.29 is 28.6 Å². The smallest absolute Gasteiger partial charge is 0.306 e. The fourth-order valence-electron chi connectivity index (χ4n) is 4.82. The van der Waals surface area contributed by atoms with Crippen molar-refractivity contribution in [3.63, 3.8) is 0 Å². The lowest BCUT2D eigenvalue weighted by Gasteiger charge is -2.18. The number of carbonyl (C=O) groups is 3. The molecule has 0 radical (unpaired) electrons. The fourth-order valence-corrected chi connectivity index (χ4v) is 4.82. The summed E-state index contributed by atoms with van der Waals surface area (Å²) in [6, 6.07) is 0. The highest BCUT2D eigenvalue weighted by Crippen LogP contribution is 2.11. The van der Waals surface area contributed by atoms with E-state index < -0.39 is 6.10 Å². The summed E-state index contributed by atoms with van der Waals surface area (Å²) in [5, 5.41) is 0. The molecular formula is C43H70O6. The third-order valence-corrected chi connectivity index (χ3v) is 7.71. The van der Waals surface area contributed by atoms with Crippen molar-refractivity contribution in [2.24, 2.45) is 0 Å². The quantitative estimate of drug-likeness (QED) is 0.0297. The van der Waals surface area contributed by atoms with Gasteiger partial charge in [-0.15, -0.1) is 0 Å². The molecule has 0 aliphatic carbocycles. The molecule has 0 saturated heterocycles. The molecule has 0 aromatic rings. The second-order valence-corrected chi connectivity index (χ2v) is 12.4. The van der Waals surface area contributed by atoms with E-state index in [9.17, 15) is 14.4 Å². The topological polar surface area (TPSA) is 78.9 Å². The van der Waals surface area contributed by atoms with E-state index in [1.165, 1.54) is 0 Å². The van der Waals surface area contributed by atoms with Gasteiger partial charge in [-0.2, -0.15) is 0 Å². The summed E-state index contributed by atoms with van der Waals surface area (Å²) in [6.07, 6.45) is 44.9. The van der Waals surface area contributed by atoms with Gasteiger partial charge in [0.05, 0.1) is 0 Å². The molecule has 0 bridgehead atoms. The average molecular weight is 683 g/mol. The minimum Gasteiger partial charge on any atom is -0.462 e. The van der Waals surface area contributed by atoms with E-state index >= 15 is 0 Å². The highest BCUT2D eigenvalue weighted by Gasteiger charge is 2.19. The van der Waals surface area contributed by atoms with Crippen molar-refractivity contribution in [2.45, 2.75) is 168 Å². The lowest BCUT2D eigenvalue weighted by molar-refractivity contribution is -0.167. The van der Waals surface area contributed by atoms with Crippen LogP contribution < -0.4 is 0 Å². The number of unbranched alkanes of at least 4 members (excludes halogenated alkanes) is 10. The van der Waals surface area contributed by atoms with Crippen molar-refractivity contribution in [2.75, 3.05) is 13.2 Å². The monoisotopic (exact) mass is 683 g/mol. The molecule has 0 saturated carbocycles. The van der Waals surface area contributed by atoms with Crippen LogP contribution in [0.15, 0.2) is 72.9 Å². The van der Waals surface area contributed by atoms with E-state index in [1.807, 2.05) is 0 Å². The maximum absolute atomic E-state index is 12.6. The van der Waals surface area contributed by atoms with Gasteiger partial charge in [-0.25, -0.2) is 0 Å². The molecule has 0 aliphatic heterocycles. The molecule has 0 aromatic heterocycles. The van der Waals surface area contributed by atoms with Crippen LogP contribution in [-0.4, -0.2) is 37.2 Å². The Morgan fingerprint density at radius 3 is 1.22 bits per heavy atom. The van der Waals surface area contributed by atoms with E-state index in [2.05, 4.69) is 93.7 Å². The molecule has 6 nitrogen and oxygen atoms in total. The summed E-state index contributed by atoms with van der Waals surface area (Å²) in [4.78, 5) is 37.3. The highest BCUT2D eigenvalue weighted by atomic mass is 16.6. The number of allylic oxidation sites excluding steroid dienone is 12. The van der Waals surface area contributed by atoms with Crippen molar-refractivity contribution in [3.05, 3.63) is 72.9 Å². The molecule has 0 heterocycles. The first-order chi connectivity index (χ1) is 24.0. The van der Waals surface area contributed by atoms with Gasteiger partial charge in [0.25, 0.3) is 0 Å². The van der Waals surface area contributed by atoms with Gasteiger partial charge in [0.15, 0.2) is 6.10 Å². The summed E-state index contributed by atoms with van der Waals surface area (Å²) in [7, 11) is 0. The second-order valence-electron chi connectivity index (χ2n) is 12.4. The molecule has 0 fully saturated rings. The standard InChI is InChI=1S/C43H70O6/c1-4-7-10-13-15-17-19-21-23-25-27-30-33-36-42(45)48-39-40(38-47-41(44)35-32-29-12-9-6-3)49-43(46)37-34-31-28-26-24-22-20-18-16-14-11-8-5-2/h7-8,10-11,15-18,21-24,40H,4-6,9,12-14,19-20,25-39H2,1-3H3/b10-7-,11-8-,17-15-,18-16-,23-21-,24-22-. The molecule has 0 aliphatic rings. The Bertz CT molecular complexity index is 971. The van der Waals surface area contributed by atoms with Crippen LogP contribution in [0.1, 0.15) is 162 Å². The van der Waals surface area contributed by atoms with Crippen LogP contribution in [0, 0.1) is 0 Å². The predicted octanol–water partition coefficient (Wildman–Crippen LogP) is 12.0. The summed E-state index contributed by atoms with van der Waals surface area (Å²) in [6.45, 7) is 6.22. The number of esters is 3. The summed E-state index contributed by atoms with van der Waals surface area (Å²) < 4.78 is 16.5. The molecular weight excluding hydrogens is 612 g/mol. The first-order valence-electron chi connectivity index (χ1n) is 19.4. The van der Waals surface area contributed by atoms with Crippen LogP contribution in [-0.2, 0) is 28.6 Å². The Labute approximate surface area is 300 Å². The molecule has 0 aromatic carbocycles. The van der Waals surface area contributed by atoms with Crippen molar-refractivity contribution in [1.82, 2.24) is 0 Å². The van der Waals surface area contributed by atoms with E-state index in [-0.39, 0.29) is 37.5 Å². The Morgan fingerprint density at radius 1 is 0.429 bits per heavy atom. The zero-order valence-electron chi connectivity index (χ0n) is 31.4. The summed E-state index contributed by atoms with van der Waals surface area (Å²) >= 11 is 0. The van der Waals surface area contributed by atoms with Crippen LogP contribution in [0.4, 0.5) is 0 Å². The van der Waals surface area contributed by atoms with Crippen LogP contribution in [0.5, 0.6) is 0 Å². The molecule has 0 amide bonds. The van der Waals surface area contributed by atoms with Crippen molar-refractivity contribution in [1.29, 1.82) is 0 Å². The van der Waals surface area contributed by atoms with E-state index in [1.54, 1.807) is 0 Å². The molecule has 0 N–H and O–H groups in total. The van der Waals surface area contributed by atoms with Gasteiger partial charge in [-0.3, -0.25) is 14.4 Å². The zero-order valence-corrected chi connectivity index (χ0v) is 31.4. The van der Waals surface area contributed by atoms with Gasteiger partial charge >= 0.3 is 17.9 Å². The Morgan fingerprint density at radius 2 is 0.796 bits per heavy atom. The Balaban J connectivity index is 4.41. The van der Waals surface area contributed by atoms with Crippen LogP contribution in [0.3, 0.4) is 0 Å². The van der Waals surface area contributed by atoms with Crippen molar-refractivity contribution >= 4 is 17.9 Å². The second kappa shape index (κ2) is 37.7. The molecule has 278 valence electrons. The molecule has 1 atom stereocenters. The van der Waals surface area contributed by atoms with E-state index in [0.717, 1.165) is 122 Å². The molecule has 1 unspecified atom stereocenters. The lowest BCUT2D eigenvalue weighted by atomic mass is 10.1. The first kappa shape index (κ1) is 45.9. The maximum Gasteiger partial charge on any atom is 0.306 e. The van der Waals surface area contributed by atoms with Gasteiger partial charge in [-0.05, 0) is 83.5 Å². The fraction of sp³-hybridized carbons (Fsp3) is 0.651. The minimum absolute atomic E-state index is 0.0993. The van der Waals surface area contributed by atoms with E-state index in [4.69, 9.17) is 14.2 Å². The normalized spacial score (nSPS) is 12.8. The van der Waals surface area contributed by atoms with Crippen molar-refractivity contribution in [3.8, 4) is 0 Å². The summed E-state index contributed by atoms with van der Waals surface area (Å²) in [5.41, 5.74) is 0. The van der Waals surface area contributed by atoms with E-state index in [0.29, 0.717) is 12.8 Å². The molecule has 0 rings (SSSR count). The average Bonchev–Trinajstić information content (AvgIpc) is 3.09. The molecule has 6 heteroatoms. The number of hydrogen-bond acceptors (Lipinski definition) is 6. The SMILES string of the molecule is CC/C=C\C/C=C\C/C=C\CCCCCC(=O)OCC(COC(=O)CCCCCCC)OC(=O)CCCCC/C=C\C/C=C\C/C=C\CC. The molecule has 49 heavy (non-hydrogen) atoms. The first-order valence-corrected chi connectivity index (χ1v) is 19.4. The molecule has 0 spiro atoms. The van der Waals surface area contributed by atoms with Gasteiger partial charge in [-0.1, -0.05) is 132 Å². The van der Waals surface area contributed by atoms with Crippen LogP contribution in [0.2, 0.25) is 0 Å². The number of rotatable bonds is 33. The van der Waals surface area contributed by atoms with Gasteiger partial charge < -0.3 is 14.2 Å². The number of hydrogen-bond donors (Lipinski definition) is 0. The highest BCUT2D eigenvalue weighted by molar-refractivity contribution is 5.71. The van der Waals surface area contributed by atoms with Gasteiger partial charge in [0.1, 0.15) is 13.2 Å². The lowest BCUT2D eigenvalue weighted by Crippen LogP contribution is -2.30. The Kier molecular flexibility index (Phi) is 35.2. The van der Waals surface area contributed by atoms with Gasteiger partial charge in [0, 0.05) is 19.3 Å². The Hall–Kier alpha value is -3.15. The van der Waals surface area contributed by atoms with Crippen LogP contribution in [0.25, 0.3) is 0 Å². The predicted molar refractivity (Wildman–Crippen MR) is 205 cm³/mol. The maximum atomic E-state index is 12.6. The largest absolute Gasteiger partial charge is 0.462 e. The van der Waals surface area contributed by atoms with Gasteiger partial charge in [0.2, 0.25) is 0 Å². The zero-order chi connectivity index (χ0) is 35.9.